The Morgan fingerprint density at radius 2 is 1.65 bits per heavy atom. The second-order valence-corrected chi connectivity index (χ2v) is 5.07. The molecule has 0 saturated carbocycles. The Balaban J connectivity index is 2.19. The van der Waals surface area contributed by atoms with Crippen LogP contribution in [0.5, 0.6) is 0 Å². The number of rotatable bonds is 8. The standard InChI is InChI=1S/C15H20F3N3O2/c16-15(17,18)12-7-5-11(6-8-12)10-21-13(22)4-2-1-3-9-20-14(19)23/h5-8H,1-4,9-10H2,(H,21,22)(H3,19,20,23). The van der Waals surface area contributed by atoms with Crippen molar-refractivity contribution in [2.45, 2.75) is 38.4 Å². The van der Waals surface area contributed by atoms with Gasteiger partial charge in [-0.1, -0.05) is 18.6 Å². The second-order valence-electron chi connectivity index (χ2n) is 5.07. The number of primary amides is 1. The summed E-state index contributed by atoms with van der Waals surface area (Å²) in [6.45, 7) is 0.669. The van der Waals surface area contributed by atoms with E-state index in [2.05, 4.69) is 10.6 Å². The first-order chi connectivity index (χ1) is 10.8. The van der Waals surface area contributed by atoms with E-state index in [0.29, 0.717) is 24.9 Å². The van der Waals surface area contributed by atoms with Crippen molar-refractivity contribution in [2.24, 2.45) is 5.73 Å². The number of hydrogen-bond acceptors (Lipinski definition) is 2. The molecule has 0 saturated heterocycles. The van der Waals surface area contributed by atoms with E-state index in [1.807, 2.05) is 0 Å². The maximum Gasteiger partial charge on any atom is 0.416 e. The van der Waals surface area contributed by atoms with Gasteiger partial charge in [0.05, 0.1) is 5.56 Å². The van der Waals surface area contributed by atoms with Gasteiger partial charge in [0.15, 0.2) is 0 Å². The number of nitrogens with two attached hydrogens (primary N) is 1. The molecule has 128 valence electrons. The highest BCUT2D eigenvalue weighted by atomic mass is 19.4. The topological polar surface area (TPSA) is 84.2 Å². The summed E-state index contributed by atoms with van der Waals surface area (Å²) >= 11 is 0. The van der Waals surface area contributed by atoms with Crippen LogP contribution < -0.4 is 16.4 Å². The van der Waals surface area contributed by atoms with Crippen molar-refractivity contribution >= 4 is 11.9 Å². The number of carbonyl (C=O) groups excluding carboxylic acids is 2. The molecule has 0 aliphatic heterocycles. The Hall–Kier alpha value is -2.25. The zero-order chi connectivity index (χ0) is 17.3. The highest BCUT2D eigenvalue weighted by molar-refractivity contribution is 5.75. The summed E-state index contributed by atoms with van der Waals surface area (Å²) in [6, 6.07) is 4.11. The van der Waals surface area contributed by atoms with Crippen molar-refractivity contribution < 1.29 is 22.8 Å². The molecule has 0 radical (unpaired) electrons. The zero-order valence-corrected chi connectivity index (χ0v) is 12.6. The summed E-state index contributed by atoms with van der Waals surface area (Å²) in [4.78, 5) is 22.0. The monoisotopic (exact) mass is 331 g/mol. The van der Waals surface area contributed by atoms with Gasteiger partial charge in [-0.3, -0.25) is 4.79 Å². The summed E-state index contributed by atoms with van der Waals surface area (Å²) in [5.74, 6) is -0.159. The van der Waals surface area contributed by atoms with Crippen molar-refractivity contribution in [3.8, 4) is 0 Å². The van der Waals surface area contributed by atoms with Crippen molar-refractivity contribution in [1.82, 2.24) is 10.6 Å². The lowest BCUT2D eigenvalue weighted by Crippen LogP contribution is -2.30. The molecule has 0 heterocycles. The third-order valence-corrected chi connectivity index (χ3v) is 3.15. The van der Waals surface area contributed by atoms with E-state index in [1.54, 1.807) is 0 Å². The number of urea groups is 1. The molecular formula is C15H20F3N3O2. The first-order valence-electron chi connectivity index (χ1n) is 7.25. The van der Waals surface area contributed by atoms with E-state index in [1.165, 1.54) is 12.1 Å². The predicted octanol–water partition coefficient (Wildman–Crippen LogP) is 2.55. The maximum atomic E-state index is 12.4. The third-order valence-electron chi connectivity index (χ3n) is 3.15. The zero-order valence-electron chi connectivity index (χ0n) is 12.6. The van der Waals surface area contributed by atoms with Gasteiger partial charge in [-0.2, -0.15) is 13.2 Å². The molecular weight excluding hydrogens is 311 g/mol. The van der Waals surface area contributed by atoms with Gasteiger partial charge in [-0.05, 0) is 30.5 Å². The van der Waals surface area contributed by atoms with Gasteiger partial charge in [-0.15, -0.1) is 0 Å². The first-order valence-corrected chi connectivity index (χ1v) is 7.25. The molecule has 0 aromatic heterocycles. The Labute approximate surface area is 132 Å². The molecule has 1 aromatic carbocycles. The minimum absolute atomic E-state index is 0.159. The molecule has 1 rings (SSSR count). The fourth-order valence-corrected chi connectivity index (χ4v) is 1.90. The number of amides is 3. The SMILES string of the molecule is NC(=O)NCCCCCC(=O)NCc1ccc(C(F)(F)F)cc1. The minimum atomic E-state index is -4.36. The van der Waals surface area contributed by atoms with Crippen LogP contribution in [-0.2, 0) is 17.5 Å². The largest absolute Gasteiger partial charge is 0.416 e. The number of unbranched alkanes of at least 4 members (excludes halogenated alkanes) is 2. The summed E-state index contributed by atoms with van der Waals surface area (Å²) in [5, 5.41) is 5.11. The van der Waals surface area contributed by atoms with Crippen molar-refractivity contribution in [3.63, 3.8) is 0 Å². The van der Waals surface area contributed by atoms with E-state index >= 15 is 0 Å². The molecule has 1 aromatic rings. The molecule has 23 heavy (non-hydrogen) atoms. The Morgan fingerprint density at radius 1 is 1.00 bits per heavy atom. The van der Waals surface area contributed by atoms with Gasteiger partial charge in [0.1, 0.15) is 0 Å². The number of nitrogens with one attached hydrogen (secondary N) is 2. The number of alkyl halides is 3. The van der Waals surface area contributed by atoms with E-state index in [0.717, 1.165) is 25.0 Å². The predicted molar refractivity (Wildman–Crippen MR) is 79.3 cm³/mol. The van der Waals surface area contributed by atoms with Gasteiger partial charge in [0.2, 0.25) is 5.91 Å². The van der Waals surface area contributed by atoms with E-state index in [-0.39, 0.29) is 12.5 Å². The molecule has 0 aliphatic carbocycles. The van der Waals surface area contributed by atoms with Gasteiger partial charge in [-0.25, -0.2) is 4.79 Å². The van der Waals surface area contributed by atoms with E-state index in [4.69, 9.17) is 5.73 Å². The molecule has 8 heteroatoms. The number of halogens is 3. The molecule has 0 unspecified atom stereocenters. The maximum absolute atomic E-state index is 12.4. The van der Waals surface area contributed by atoms with Crippen LogP contribution in [0.3, 0.4) is 0 Å². The van der Waals surface area contributed by atoms with Crippen LogP contribution in [0.25, 0.3) is 0 Å². The highest BCUT2D eigenvalue weighted by Gasteiger charge is 2.29. The molecule has 5 nitrogen and oxygen atoms in total. The highest BCUT2D eigenvalue weighted by Crippen LogP contribution is 2.28. The molecule has 0 aliphatic rings. The van der Waals surface area contributed by atoms with Gasteiger partial charge < -0.3 is 16.4 Å². The van der Waals surface area contributed by atoms with Crippen LogP contribution in [0.15, 0.2) is 24.3 Å². The Bertz CT molecular complexity index is 516. The lowest BCUT2D eigenvalue weighted by atomic mass is 10.1. The quantitative estimate of drug-likeness (QED) is 0.640. The van der Waals surface area contributed by atoms with Crippen LogP contribution in [0.1, 0.15) is 36.8 Å². The number of benzene rings is 1. The smallest absolute Gasteiger partial charge is 0.352 e. The molecule has 0 fully saturated rings. The lowest BCUT2D eigenvalue weighted by molar-refractivity contribution is -0.137. The first kappa shape index (κ1) is 18.8. The fourth-order valence-electron chi connectivity index (χ4n) is 1.90. The van der Waals surface area contributed by atoms with Crippen LogP contribution in [0.2, 0.25) is 0 Å². The molecule has 0 bridgehead atoms. The van der Waals surface area contributed by atoms with E-state index < -0.39 is 17.8 Å². The average Bonchev–Trinajstić information content (AvgIpc) is 2.48. The number of hydrogen-bond donors (Lipinski definition) is 3. The summed E-state index contributed by atoms with van der Waals surface area (Å²) < 4.78 is 37.2. The van der Waals surface area contributed by atoms with Crippen molar-refractivity contribution in [3.05, 3.63) is 35.4 Å². The Morgan fingerprint density at radius 3 is 2.22 bits per heavy atom. The van der Waals surface area contributed by atoms with Gasteiger partial charge in [0, 0.05) is 19.5 Å². The Kier molecular flexibility index (Phi) is 7.37. The third kappa shape index (κ3) is 8.08. The lowest BCUT2D eigenvalue weighted by Gasteiger charge is -2.08. The van der Waals surface area contributed by atoms with Gasteiger partial charge >= 0.3 is 12.2 Å². The normalized spacial score (nSPS) is 11.1. The van der Waals surface area contributed by atoms with Crippen LogP contribution >= 0.6 is 0 Å². The van der Waals surface area contributed by atoms with Gasteiger partial charge in [0.25, 0.3) is 0 Å². The van der Waals surface area contributed by atoms with Crippen LogP contribution in [0.4, 0.5) is 18.0 Å². The number of carbonyl (C=O) groups is 2. The minimum Gasteiger partial charge on any atom is -0.352 e. The van der Waals surface area contributed by atoms with E-state index in [9.17, 15) is 22.8 Å². The summed E-state index contributed by atoms with van der Waals surface area (Å²) in [5.41, 5.74) is 4.80. The van der Waals surface area contributed by atoms with Crippen molar-refractivity contribution in [1.29, 1.82) is 0 Å². The fraction of sp³-hybridized carbons (Fsp3) is 0.467. The molecule has 3 amide bonds. The summed E-state index contributed by atoms with van der Waals surface area (Å²) in [6.07, 6.45) is -1.86. The van der Waals surface area contributed by atoms with Crippen molar-refractivity contribution in [2.75, 3.05) is 6.54 Å². The average molecular weight is 331 g/mol. The summed E-state index contributed by atoms with van der Waals surface area (Å²) in [7, 11) is 0. The second kappa shape index (κ2) is 9.02. The molecule has 4 N–H and O–H groups in total. The molecule has 0 spiro atoms. The van der Waals surface area contributed by atoms with Crippen LogP contribution in [0, 0.1) is 0 Å². The van der Waals surface area contributed by atoms with Crippen LogP contribution in [-0.4, -0.2) is 18.5 Å². The molecule has 0 atom stereocenters.